The Morgan fingerprint density at radius 3 is 2.54 bits per heavy atom. The third kappa shape index (κ3) is 4.70. The van der Waals surface area contributed by atoms with E-state index in [9.17, 15) is 9.59 Å². The number of nitrogens with zero attached hydrogens (tertiary/aromatic N) is 2. The van der Waals surface area contributed by atoms with Gasteiger partial charge in [-0.05, 0) is 54.4 Å². The molecule has 7 nitrogen and oxygen atoms in total. The Hall–Kier alpha value is -3.74. The second-order valence-corrected chi connectivity index (χ2v) is 6.13. The summed E-state index contributed by atoms with van der Waals surface area (Å²) < 4.78 is 5.28. The number of hydrogen-bond donors (Lipinski definition) is 2. The molecule has 0 aliphatic heterocycles. The van der Waals surface area contributed by atoms with Crippen LogP contribution in [0.4, 0.5) is 5.69 Å². The number of benzene rings is 1. The first-order chi connectivity index (χ1) is 13.6. The molecule has 0 saturated heterocycles. The lowest BCUT2D eigenvalue weighted by Crippen LogP contribution is -2.24. The van der Waals surface area contributed by atoms with Crippen molar-refractivity contribution in [2.45, 2.75) is 13.5 Å². The molecule has 1 aromatic carbocycles. The van der Waals surface area contributed by atoms with E-state index in [0.29, 0.717) is 23.5 Å². The van der Waals surface area contributed by atoms with Crippen molar-refractivity contribution >= 4 is 17.5 Å². The van der Waals surface area contributed by atoms with Crippen molar-refractivity contribution in [1.29, 1.82) is 0 Å². The van der Waals surface area contributed by atoms with E-state index in [1.807, 2.05) is 31.2 Å². The first kappa shape index (κ1) is 19.0. The maximum atomic E-state index is 12.6. The Kier molecular flexibility index (Phi) is 5.96. The summed E-state index contributed by atoms with van der Waals surface area (Å²) in [5, 5.41) is 5.59. The second-order valence-electron chi connectivity index (χ2n) is 6.13. The summed E-state index contributed by atoms with van der Waals surface area (Å²) in [5.41, 5.74) is 2.96. The third-order valence-corrected chi connectivity index (χ3v) is 4.06. The number of methoxy groups -OCH3 is 1. The summed E-state index contributed by atoms with van der Waals surface area (Å²) in [7, 11) is 1.54. The number of carbonyl (C=O) groups excluding carboxylic acids is 2. The number of anilines is 1. The van der Waals surface area contributed by atoms with E-state index in [1.165, 1.54) is 19.4 Å². The van der Waals surface area contributed by atoms with Crippen molar-refractivity contribution < 1.29 is 14.3 Å². The number of hydrogen-bond acceptors (Lipinski definition) is 5. The number of aryl methyl sites for hydroxylation is 1. The third-order valence-electron chi connectivity index (χ3n) is 4.06. The topological polar surface area (TPSA) is 93.2 Å². The standard InChI is InChI=1S/C21H20N4O3/c1-14-3-4-19(28-2)17(11-14)25-20(26)16-7-10-23-18(12-16)21(27)24-13-15-5-8-22-9-6-15/h3-12H,13H2,1-2H3,(H,24,27)(H,25,26). The molecule has 0 radical (unpaired) electrons. The van der Waals surface area contributed by atoms with Gasteiger partial charge in [-0.2, -0.15) is 0 Å². The van der Waals surface area contributed by atoms with Crippen LogP contribution >= 0.6 is 0 Å². The lowest BCUT2D eigenvalue weighted by molar-refractivity contribution is 0.0946. The molecule has 28 heavy (non-hydrogen) atoms. The zero-order valence-electron chi connectivity index (χ0n) is 15.6. The Labute approximate surface area is 162 Å². The molecule has 3 aromatic rings. The minimum absolute atomic E-state index is 0.165. The molecule has 0 bridgehead atoms. The molecular weight excluding hydrogens is 356 g/mol. The predicted octanol–water partition coefficient (Wildman–Crippen LogP) is 2.98. The van der Waals surface area contributed by atoms with E-state index < -0.39 is 0 Å². The Bertz CT molecular complexity index is 990. The van der Waals surface area contributed by atoms with Gasteiger partial charge >= 0.3 is 0 Å². The number of aromatic nitrogens is 2. The fourth-order valence-corrected chi connectivity index (χ4v) is 2.58. The number of pyridine rings is 2. The summed E-state index contributed by atoms with van der Waals surface area (Å²) >= 11 is 0. The fraction of sp³-hybridized carbons (Fsp3) is 0.143. The van der Waals surface area contributed by atoms with Crippen molar-refractivity contribution in [3.05, 3.63) is 83.4 Å². The average Bonchev–Trinajstić information content (AvgIpc) is 2.73. The van der Waals surface area contributed by atoms with Gasteiger partial charge in [0, 0.05) is 30.7 Å². The number of ether oxygens (including phenoxy) is 1. The molecule has 2 aromatic heterocycles. The number of nitrogens with one attached hydrogen (secondary N) is 2. The number of carbonyl (C=O) groups is 2. The summed E-state index contributed by atoms with van der Waals surface area (Å²) in [6.07, 6.45) is 4.75. The van der Waals surface area contributed by atoms with E-state index in [-0.39, 0.29) is 17.5 Å². The van der Waals surface area contributed by atoms with Crippen molar-refractivity contribution in [3.63, 3.8) is 0 Å². The van der Waals surface area contributed by atoms with Crippen LogP contribution in [0.1, 0.15) is 32.0 Å². The van der Waals surface area contributed by atoms with Gasteiger partial charge in [0.1, 0.15) is 11.4 Å². The number of amides is 2. The van der Waals surface area contributed by atoms with Gasteiger partial charge in [0.25, 0.3) is 11.8 Å². The van der Waals surface area contributed by atoms with Crippen LogP contribution in [0, 0.1) is 6.92 Å². The van der Waals surface area contributed by atoms with Gasteiger partial charge in [0.15, 0.2) is 0 Å². The highest BCUT2D eigenvalue weighted by Crippen LogP contribution is 2.25. The highest BCUT2D eigenvalue weighted by Gasteiger charge is 2.14. The van der Waals surface area contributed by atoms with Gasteiger partial charge in [0.05, 0.1) is 12.8 Å². The lowest BCUT2D eigenvalue weighted by Gasteiger charge is -2.11. The average molecular weight is 376 g/mol. The first-order valence-corrected chi connectivity index (χ1v) is 8.66. The first-order valence-electron chi connectivity index (χ1n) is 8.66. The van der Waals surface area contributed by atoms with Crippen LogP contribution < -0.4 is 15.4 Å². The van der Waals surface area contributed by atoms with Crippen LogP contribution in [0.15, 0.2) is 61.1 Å². The monoisotopic (exact) mass is 376 g/mol. The maximum absolute atomic E-state index is 12.6. The van der Waals surface area contributed by atoms with E-state index in [0.717, 1.165) is 11.1 Å². The zero-order chi connectivity index (χ0) is 19.9. The minimum atomic E-state index is -0.361. The molecule has 0 aliphatic rings. The Morgan fingerprint density at radius 1 is 1.00 bits per heavy atom. The van der Waals surface area contributed by atoms with Crippen LogP contribution in [0.3, 0.4) is 0 Å². The summed E-state index contributed by atoms with van der Waals surface area (Å²) in [6, 6.07) is 12.1. The van der Waals surface area contributed by atoms with Crippen molar-refractivity contribution in [2.24, 2.45) is 0 Å². The molecule has 3 rings (SSSR count). The minimum Gasteiger partial charge on any atom is -0.495 e. The molecule has 0 fully saturated rings. The van der Waals surface area contributed by atoms with Gasteiger partial charge in [-0.15, -0.1) is 0 Å². The largest absolute Gasteiger partial charge is 0.495 e. The molecule has 0 atom stereocenters. The van der Waals surface area contributed by atoms with Crippen LogP contribution in [0.5, 0.6) is 5.75 Å². The van der Waals surface area contributed by atoms with Crippen LogP contribution in [-0.2, 0) is 6.54 Å². The van der Waals surface area contributed by atoms with E-state index in [1.54, 1.807) is 24.5 Å². The molecule has 2 N–H and O–H groups in total. The van der Waals surface area contributed by atoms with Gasteiger partial charge in [-0.1, -0.05) is 6.07 Å². The number of rotatable bonds is 6. The highest BCUT2D eigenvalue weighted by atomic mass is 16.5. The van der Waals surface area contributed by atoms with Crippen LogP contribution in [0.25, 0.3) is 0 Å². The quantitative estimate of drug-likeness (QED) is 0.690. The van der Waals surface area contributed by atoms with Gasteiger partial charge in [-0.3, -0.25) is 19.6 Å². The molecule has 0 spiro atoms. The molecule has 0 aliphatic carbocycles. The highest BCUT2D eigenvalue weighted by molar-refractivity contribution is 6.06. The fourth-order valence-electron chi connectivity index (χ4n) is 2.58. The summed E-state index contributed by atoms with van der Waals surface area (Å²) in [6.45, 7) is 2.27. The zero-order valence-corrected chi connectivity index (χ0v) is 15.6. The van der Waals surface area contributed by atoms with Crippen LogP contribution in [0.2, 0.25) is 0 Å². The molecule has 7 heteroatoms. The molecule has 2 amide bonds. The van der Waals surface area contributed by atoms with Crippen molar-refractivity contribution in [1.82, 2.24) is 15.3 Å². The van der Waals surface area contributed by atoms with Gasteiger partial charge in [-0.25, -0.2) is 0 Å². The smallest absolute Gasteiger partial charge is 0.270 e. The summed E-state index contributed by atoms with van der Waals surface area (Å²) in [5.74, 6) is -0.155. The Morgan fingerprint density at radius 2 is 1.79 bits per heavy atom. The molecule has 142 valence electrons. The van der Waals surface area contributed by atoms with Crippen molar-refractivity contribution in [2.75, 3.05) is 12.4 Å². The lowest BCUT2D eigenvalue weighted by atomic mass is 10.1. The molecule has 0 saturated carbocycles. The maximum Gasteiger partial charge on any atom is 0.270 e. The van der Waals surface area contributed by atoms with Crippen LogP contribution in [-0.4, -0.2) is 28.9 Å². The SMILES string of the molecule is COc1ccc(C)cc1NC(=O)c1ccnc(C(=O)NCc2ccncc2)c1. The molecule has 2 heterocycles. The predicted molar refractivity (Wildman–Crippen MR) is 105 cm³/mol. The van der Waals surface area contributed by atoms with E-state index >= 15 is 0 Å². The second kappa shape index (κ2) is 8.77. The molecular formula is C21H20N4O3. The normalized spacial score (nSPS) is 10.2. The summed E-state index contributed by atoms with van der Waals surface area (Å²) in [4.78, 5) is 33.0. The Balaban J connectivity index is 1.71. The molecule has 0 unspecified atom stereocenters. The van der Waals surface area contributed by atoms with E-state index in [4.69, 9.17) is 4.74 Å². The van der Waals surface area contributed by atoms with Crippen molar-refractivity contribution in [3.8, 4) is 5.75 Å². The van der Waals surface area contributed by atoms with Gasteiger partial charge in [0.2, 0.25) is 0 Å². The van der Waals surface area contributed by atoms with Gasteiger partial charge < -0.3 is 15.4 Å². The van der Waals surface area contributed by atoms with E-state index in [2.05, 4.69) is 20.6 Å².